The van der Waals surface area contributed by atoms with E-state index < -0.39 is 0 Å². The number of allylic oxidation sites excluding steroid dienone is 2. The van der Waals surface area contributed by atoms with Crippen LogP contribution in [-0.4, -0.2) is 10.00 Å². The van der Waals surface area contributed by atoms with Crippen LogP contribution in [-0.2, 0) is 0 Å². The summed E-state index contributed by atoms with van der Waals surface area (Å²) in [4.78, 5) is 5.44. The van der Waals surface area contributed by atoms with Gasteiger partial charge in [0.05, 0.1) is 0 Å². The number of hydrogen-bond donors (Lipinski definition) is 0. The molecule has 0 saturated carbocycles. The molecule has 3 rings (SSSR count). The molecule has 0 N–H and O–H groups in total. The first-order chi connectivity index (χ1) is 15.0. The van der Waals surface area contributed by atoms with Gasteiger partial charge in [0.1, 0.15) is 0 Å². The molecule has 0 saturated heterocycles. The zero-order valence-electron chi connectivity index (χ0n) is 18.8. The molecule has 0 radical (unpaired) electrons. The van der Waals surface area contributed by atoms with E-state index in [1.165, 1.54) is 19.6 Å². The Labute approximate surface area is 201 Å². The Morgan fingerprint density at radius 1 is 0.774 bits per heavy atom. The van der Waals surface area contributed by atoms with Gasteiger partial charge in [0.25, 0.3) is 0 Å². The van der Waals surface area contributed by atoms with Crippen molar-refractivity contribution < 1.29 is 0 Å². The summed E-state index contributed by atoms with van der Waals surface area (Å²) in [6.07, 6.45) is 3.47. The Bertz CT molecular complexity index is 934. The fraction of sp³-hybridized carbons (Fsp3) is 0.286. The Hall–Kier alpha value is -1.55. The van der Waals surface area contributed by atoms with E-state index >= 15 is 0 Å². The van der Waals surface area contributed by atoms with Gasteiger partial charge in [0.15, 0.2) is 0 Å². The number of benzene rings is 3. The van der Waals surface area contributed by atoms with Crippen LogP contribution >= 0.6 is 35.3 Å². The summed E-state index contributed by atoms with van der Waals surface area (Å²) in [5.74, 6) is 0.418. The van der Waals surface area contributed by atoms with Crippen LogP contribution in [0.4, 0.5) is 0 Å². The minimum atomic E-state index is 0.0470. The standard InChI is InChI=1S/C28H32S3/c1-5-15-26(29-23-16-9-6-10-17-23)22(2)27(30-24-18-11-7-12-19-24)28(3,4)31-25-20-13-8-14-21-25/h6-22,27H,5H2,1-4H3/b26-15+/t22-,27+/m1/s1. The normalized spacial score (nSPS) is 14.3. The van der Waals surface area contributed by atoms with Gasteiger partial charge in [-0.05, 0) is 61.6 Å². The van der Waals surface area contributed by atoms with E-state index in [0.717, 1.165) is 6.42 Å². The highest BCUT2D eigenvalue weighted by atomic mass is 32.2. The van der Waals surface area contributed by atoms with Crippen LogP contribution in [0.15, 0.2) is 117 Å². The predicted molar refractivity (Wildman–Crippen MR) is 142 cm³/mol. The van der Waals surface area contributed by atoms with E-state index in [0.29, 0.717) is 11.2 Å². The average molecular weight is 465 g/mol. The van der Waals surface area contributed by atoms with Crippen LogP contribution < -0.4 is 0 Å². The average Bonchev–Trinajstić information content (AvgIpc) is 2.78. The molecule has 0 aliphatic carbocycles. The third kappa shape index (κ3) is 7.24. The molecule has 0 aliphatic rings. The third-order valence-electron chi connectivity index (χ3n) is 5.10. The van der Waals surface area contributed by atoms with Crippen LogP contribution in [0.1, 0.15) is 34.1 Å². The molecule has 0 aliphatic heterocycles. The molecule has 0 aromatic heterocycles. The van der Waals surface area contributed by atoms with Crippen molar-refractivity contribution in [3.05, 3.63) is 102 Å². The van der Waals surface area contributed by atoms with Crippen molar-refractivity contribution in [1.82, 2.24) is 0 Å². The van der Waals surface area contributed by atoms with Crippen molar-refractivity contribution in [2.75, 3.05) is 0 Å². The molecule has 0 bridgehead atoms. The van der Waals surface area contributed by atoms with E-state index in [-0.39, 0.29) is 4.75 Å². The Morgan fingerprint density at radius 3 is 1.77 bits per heavy atom. The number of thioether (sulfide) groups is 3. The lowest BCUT2D eigenvalue weighted by Crippen LogP contribution is -2.36. The molecule has 31 heavy (non-hydrogen) atoms. The fourth-order valence-electron chi connectivity index (χ4n) is 3.64. The summed E-state index contributed by atoms with van der Waals surface area (Å²) in [6, 6.07) is 32.4. The highest BCUT2D eigenvalue weighted by Gasteiger charge is 2.37. The zero-order valence-corrected chi connectivity index (χ0v) is 21.3. The Morgan fingerprint density at radius 2 is 1.26 bits per heavy atom. The lowest BCUT2D eigenvalue weighted by atomic mass is 9.96. The molecule has 0 heterocycles. The molecule has 3 heteroatoms. The predicted octanol–water partition coefficient (Wildman–Crippen LogP) is 9.44. The highest BCUT2D eigenvalue weighted by molar-refractivity contribution is 8.05. The van der Waals surface area contributed by atoms with E-state index in [1.807, 2.05) is 35.3 Å². The van der Waals surface area contributed by atoms with Gasteiger partial charge in [0.2, 0.25) is 0 Å². The van der Waals surface area contributed by atoms with Gasteiger partial charge in [-0.25, -0.2) is 0 Å². The molecule has 3 aromatic carbocycles. The first-order valence-corrected chi connectivity index (χ1v) is 13.4. The van der Waals surface area contributed by atoms with Crippen LogP contribution in [0.25, 0.3) is 0 Å². The molecule has 0 nitrogen and oxygen atoms in total. The maximum atomic E-state index is 2.42. The minimum absolute atomic E-state index is 0.0470. The second-order valence-electron chi connectivity index (χ2n) is 8.09. The van der Waals surface area contributed by atoms with Crippen LogP contribution in [0.2, 0.25) is 0 Å². The SMILES string of the molecule is CC/C=C(/Sc1ccccc1)[C@@H](C)[C@H](Sc1ccccc1)C(C)(C)Sc1ccccc1. The van der Waals surface area contributed by atoms with Crippen LogP contribution in [0.3, 0.4) is 0 Å². The van der Waals surface area contributed by atoms with Gasteiger partial charge in [-0.3, -0.25) is 0 Å². The summed E-state index contributed by atoms with van der Waals surface area (Å²) in [5.41, 5.74) is 0. The van der Waals surface area contributed by atoms with Gasteiger partial charge in [-0.2, -0.15) is 0 Å². The largest absolute Gasteiger partial charge is 0.121 e. The molecule has 0 spiro atoms. The molecule has 3 aromatic rings. The summed E-state index contributed by atoms with van der Waals surface area (Å²) in [7, 11) is 0. The third-order valence-corrected chi connectivity index (χ3v) is 9.62. The van der Waals surface area contributed by atoms with Crippen molar-refractivity contribution in [3.63, 3.8) is 0 Å². The van der Waals surface area contributed by atoms with Gasteiger partial charge in [-0.15, -0.1) is 23.5 Å². The van der Waals surface area contributed by atoms with Crippen molar-refractivity contribution >= 4 is 35.3 Å². The molecule has 162 valence electrons. The first-order valence-electron chi connectivity index (χ1n) is 10.9. The first kappa shape index (κ1) is 24.1. The van der Waals surface area contributed by atoms with Crippen molar-refractivity contribution in [2.24, 2.45) is 5.92 Å². The summed E-state index contributed by atoms with van der Waals surface area (Å²) < 4.78 is 0.0470. The molecule has 2 atom stereocenters. The molecule has 0 unspecified atom stereocenters. The van der Waals surface area contributed by atoms with E-state index in [2.05, 4.69) is 125 Å². The van der Waals surface area contributed by atoms with Crippen LogP contribution in [0, 0.1) is 5.92 Å². The highest BCUT2D eigenvalue weighted by Crippen LogP contribution is 2.49. The van der Waals surface area contributed by atoms with E-state index in [4.69, 9.17) is 0 Å². The van der Waals surface area contributed by atoms with E-state index in [1.54, 1.807) is 0 Å². The van der Waals surface area contributed by atoms with Gasteiger partial charge in [0, 0.05) is 30.6 Å². The summed E-state index contributed by atoms with van der Waals surface area (Å²) in [6.45, 7) is 9.45. The second-order valence-corrected chi connectivity index (χ2v) is 12.2. The second kappa shape index (κ2) is 11.9. The number of rotatable bonds is 10. The topological polar surface area (TPSA) is 0 Å². The minimum Gasteiger partial charge on any atom is -0.121 e. The monoisotopic (exact) mass is 464 g/mol. The molecular weight excluding hydrogens is 433 g/mol. The lowest BCUT2D eigenvalue weighted by Gasteiger charge is -2.38. The number of hydrogen-bond acceptors (Lipinski definition) is 3. The lowest BCUT2D eigenvalue weighted by molar-refractivity contribution is 0.554. The van der Waals surface area contributed by atoms with Crippen molar-refractivity contribution in [1.29, 1.82) is 0 Å². The Balaban J connectivity index is 1.92. The Kier molecular flexibility index (Phi) is 9.25. The smallest absolute Gasteiger partial charge is 0.0311 e. The van der Waals surface area contributed by atoms with Gasteiger partial charge >= 0.3 is 0 Å². The molecule has 0 fully saturated rings. The van der Waals surface area contributed by atoms with Crippen molar-refractivity contribution in [2.45, 2.75) is 58.8 Å². The van der Waals surface area contributed by atoms with Crippen LogP contribution in [0.5, 0.6) is 0 Å². The summed E-state index contributed by atoms with van der Waals surface area (Å²) in [5, 5.41) is 0.411. The van der Waals surface area contributed by atoms with Gasteiger partial charge < -0.3 is 0 Å². The summed E-state index contributed by atoms with van der Waals surface area (Å²) >= 11 is 5.92. The quantitative estimate of drug-likeness (QED) is 0.274. The van der Waals surface area contributed by atoms with Crippen molar-refractivity contribution in [3.8, 4) is 0 Å². The van der Waals surface area contributed by atoms with E-state index in [9.17, 15) is 0 Å². The maximum absolute atomic E-state index is 2.42. The molecular formula is C28H32S3. The molecule has 0 amide bonds. The fourth-order valence-corrected chi connectivity index (χ4v) is 7.61. The zero-order chi connectivity index (χ0) is 22.1. The maximum Gasteiger partial charge on any atom is 0.0311 e. The van der Waals surface area contributed by atoms with Gasteiger partial charge in [-0.1, -0.05) is 86.3 Å².